The summed E-state index contributed by atoms with van der Waals surface area (Å²) in [5, 5.41) is 0.00645. The Morgan fingerprint density at radius 1 is 1.47 bits per heavy atom. The van der Waals surface area contributed by atoms with Crippen LogP contribution in [0.3, 0.4) is 0 Å². The topological polar surface area (TPSA) is 91.8 Å². The number of imidazole rings is 1. The molecule has 0 radical (unpaired) electrons. The Hall–Kier alpha value is -1.96. The molecular formula is C11H11N5O2S. The number of amides is 1. The summed E-state index contributed by atoms with van der Waals surface area (Å²) in [6, 6.07) is 0. The summed E-state index contributed by atoms with van der Waals surface area (Å²) >= 11 is 1.20. The highest BCUT2D eigenvalue weighted by Crippen LogP contribution is 2.29. The number of hydrogen-bond acceptors (Lipinski definition) is 6. The summed E-state index contributed by atoms with van der Waals surface area (Å²) in [6.07, 6.45) is 3.26. The minimum absolute atomic E-state index is 0.0158. The fraction of sp³-hybridized carbons (Fsp3) is 0.364. The number of aromatic amines is 1. The van der Waals surface area contributed by atoms with Crippen LogP contribution in [-0.2, 0) is 9.59 Å². The highest BCUT2D eigenvalue weighted by Gasteiger charge is 2.33. The maximum absolute atomic E-state index is 12.0. The third-order valence-electron chi connectivity index (χ3n) is 2.88. The molecule has 1 atom stereocenters. The molecule has 1 saturated heterocycles. The van der Waals surface area contributed by atoms with Crippen LogP contribution in [0.5, 0.6) is 0 Å². The highest BCUT2D eigenvalue weighted by molar-refractivity contribution is 8.14. The van der Waals surface area contributed by atoms with E-state index in [1.54, 1.807) is 4.90 Å². The first kappa shape index (κ1) is 12.1. The van der Waals surface area contributed by atoms with Crippen molar-refractivity contribution < 1.29 is 9.59 Å². The first-order chi connectivity index (χ1) is 9.15. The molecule has 1 fully saturated rings. The summed E-state index contributed by atoms with van der Waals surface area (Å²) in [5.41, 5.74) is 1.17. The molecule has 8 heteroatoms. The Morgan fingerprint density at radius 3 is 3.11 bits per heavy atom. The minimum Gasteiger partial charge on any atom is -0.340 e. The second kappa shape index (κ2) is 4.61. The highest BCUT2D eigenvalue weighted by atomic mass is 32.2. The zero-order valence-corrected chi connectivity index (χ0v) is 11.0. The fourth-order valence-corrected chi connectivity index (χ4v) is 3.07. The molecule has 2 aromatic heterocycles. The number of carbonyl (C=O) groups excluding carboxylic acids is 2. The van der Waals surface area contributed by atoms with E-state index < -0.39 is 0 Å². The van der Waals surface area contributed by atoms with Gasteiger partial charge in [-0.25, -0.2) is 15.0 Å². The van der Waals surface area contributed by atoms with Gasteiger partial charge in [0.2, 0.25) is 5.91 Å². The summed E-state index contributed by atoms with van der Waals surface area (Å²) in [4.78, 5) is 39.9. The quantitative estimate of drug-likeness (QED) is 0.870. The third kappa shape index (κ3) is 2.19. The smallest absolute Gasteiger partial charge is 0.229 e. The molecular weight excluding hydrogens is 266 g/mol. The second-order valence-corrected chi connectivity index (χ2v) is 5.72. The number of rotatable bonds is 2. The van der Waals surface area contributed by atoms with E-state index in [1.807, 2.05) is 0 Å². The van der Waals surface area contributed by atoms with Gasteiger partial charge in [0, 0.05) is 25.1 Å². The fourth-order valence-electron chi connectivity index (χ4n) is 2.15. The van der Waals surface area contributed by atoms with Crippen LogP contribution in [0.25, 0.3) is 11.2 Å². The summed E-state index contributed by atoms with van der Waals surface area (Å²) in [6.45, 7) is 1.99. The average molecular weight is 277 g/mol. The lowest BCUT2D eigenvalue weighted by molar-refractivity contribution is -0.117. The maximum atomic E-state index is 12.0. The van der Waals surface area contributed by atoms with Crippen LogP contribution in [0.4, 0.5) is 5.82 Å². The molecule has 2 aromatic rings. The van der Waals surface area contributed by atoms with Crippen LogP contribution in [0.2, 0.25) is 0 Å². The van der Waals surface area contributed by atoms with Gasteiger partial charge in [-0.2, -0.15) is 0 Å². The molecule has 0 aliphatic carbocycles. The Balaban J connectivity index is 1.92. The molecule has 1 aliphatic rings. The van der Waals surface area contributed by atoms with Crippen molar-refractivity contribution >= 4 is 39.8 Å². The third-order valence-corrected chi connectivity index (χ3v) is 3.86. The number of nitrogens with one attached hydrogen (secondary N) is 1. The lowest BCUT2D eigenvalue weighted by Gasteiger charge is -2.15. The van der Waals surface area contributed by atoms with Gasteiger partial charge in [0.25, 0.3) is 0 Å². The van der Waals surface area contributed by atoms with Crippen LogP contribution in [0.1, 0.15) is 13.3 Å². The molecule has 1 amide bonds. The first-order valence-corrected chi connectivity index (χ1v) is 6.65. The van der Waals surface area contributed by atoms with Gasteiger partial charge in [-0.3, -0.25) is 14.5 Å². The number of anilines is 1. The summed E-state index contributed by atoms with van der Waals surface area (Å²) in [5.74, 6) is 0.493. The number of thioether (sulfide) groups is 1. The van der Waals surface area contributed by atoms with Crippen LogP contribution >= 0.6 is 11.8 Å². The van der Waals surface area contributed by atoms with Crippen molar-refractivity contribution in [2.24, 2.45) is 0 Å². The van der Waals surface area contributed by atoms with Crippen LogP contribution in [-0.4, -0.2) is 42.8 Å². The lowest BCUT2D eigenvalue weighted by Crippen LogP contribution is -2.26. The molecule has 0 aromatic carbocycles. The van der Waals surface area contributed by atoms with E-state index in [0.29, 0.717) is 29.9 Å². The van der Waals surface area contributed by atoms with E-state index in [9.17, 15) is 9.59 Å². The van der Waals surface area contributed by atoms with Crippen molar-refractivity contribution in [3.8, 4) is 0 Å². The van der Waals surface area contributed by atoms with Gasteiger partial charge in [0.15, 0.2) is 16.6 Å². The summed E-state index contributed by atoms with van der Waals surface area (Å²) < 4.78 is 0. The van der Waals surface area contributed by atoms with Crippen molar-refractivity contribution in [1.29, 1.82) is 0 Å². The van der Waals surface area contributed by atoms with Gasteiger partial charge in [-0.15, -0.1) is 0 Å². The Bertz CT molecular complexity index is 655. The number of H-pyrrole nitrogens is 1. The van der Waals surface area contributed by atoms with E-state index in [1.165, 1.54) is 31.3 Å². The van der Waals surface area contributed by atoms with Crippen LogP contribution < -0.4 is 4.90 Å². The Labute approximate surface area is 112 Å². The second-order valence-electron chi connectivity index (χ2n) is 4.24. The molecule has 98 valence electrons. The van der Waals surface area contributed by atoms with E-state index >= 15 is 0 Å². The Morgan fingerprint density at radius 2 is 2.32 bits per heavy atom. The molecule has 19 heavy (non-hydrogen) atoms. The standard InChI is InChI=1S/C11H11N5O2S/c1-6(17)19-7-2-8(18)16(3-7)11-9-10(13-4-12-9)14-5-15-11/h4-5,7H,2-3H2,1H3,(H,12,13,14,15). The summed E-state index contributed by atoms with van der Waals surface area (Å²) in [7, 11) is 0. The minimum atomic E-state index is -0.0339. The normalized spacial score (nSPS) is 19.3. The van der Waals surface area contributed by atoms with Crippen molar-refractivity contribution in [2.75, 3.05) is 11.4 Å². The van der Waals surface area contributed by atoms with Gasteiger partial charge in [-0.05, 0) is 0 Å². The first-order valence-electron chi connectivity index (χ1n) is 5.77. The van der Waals surface area contributed by atoms with E-state index in [0.717, 1.165) is 0 Å². The van der Waals surface area contributed by atoms with Crippen LogP contribution in [0, 0.1) is 0 Å². The Kier molecular flexibility index (Phi) is 2.94. The van der Waals surface area contributed by atoms with Crippen LogP contribution in [0.15, 0.2) is 12.7 Å². The van der Waals surface area contributed by atoms with E-state index in [-0.39, 0.29) is 16.3 Å². The van der Waals surface area contributed by atoms with Crippen molar-refractivity contribution in [3.05, 3.63) is 12.7 Å². The largest absolute Gasteiger partial charge is 0.340 e. The molecule has 3 heterocycles. The number of carbonyl (C=O) groups is 2. The zero-order valence-electron chi connectivity index (χ0n) is 10.2. The maximum Gasteiger partial charge on any atom is 0.229 e. The number of fused-ring (bicyclic) bond motifs is 1. The van der Waals surface area contributed by atoms with Gasteiger partial charge in [0.1, 0.15) is 11.8 Å². The SMILES string of the molecule is CC(=O)SC1CC(=O)N(c2ncnc3nc[nH]c23)C1. The van der Waals surface area contributed by atoms with Crippen molar-refractivity contribution in [2.45, 2.75) is 18.6 Å². The predicted octanol–water partition coefficient (Wildman–Crippen LogP) is 0.738. The van der Waals surface area contributed by atoms with Crippen molar-refractivity contribution in [3.63, 3.8) is 0 Å². The number of nitrogens with zero attached hydrogens (tertiary/aromatic N) is 4. The number of aromatic nitrogens is 4. The van der Waals surface area contributed by atoms with Gasteiger partial charge in [-0.1, -0.05) is 11.8 Å². The van der Waals surface area contributed by atoms with Gasteiger partial charge >= 0.3 is 0 Å². The van der Waals surface area contributed by atoms with Crippen molar-refractivity contribution in [1.82, 2.24) is 19.9 Å². The molecule has 1 unspecified atom stereocenters. The van der Waals surface area contributed by atoms with Gasteiger partial charge in [0.05, 0.1) is 6.33 Å². The zero-order chi connectivity index (χ0) is 13.4. The predicted molar refractivity (Wildman–Crippen MR) is 70.7 cm³/mol. The lowest BCUT2D eigenvalue weighted by atomic mass is 10.4. The molecule has 7 nitrogen and oxygen atoms in total. The van der Waals surface area contributed by atoms with E-state index in [2.05, 4.69) is 19.9 Å². The number of hydrogen-bond donors (Lipinski definition) is 1. The molecule has 0 saturated carbocycles. The molecule has 0 bridgehead atoms. The molecule has 3 rings (SSSR count). The van der Waals surface area contributed by atoms with Gasteiger partial charge < -0.3 is 4.98 Å². The molecule has 1 N–H and O–H groups in total. The molecule has 0 spiro atoms. The molecule has 1 aliphatic heterocycles. The van der Waals surface area contributed by atoms with E-state index in [4.69, 9.17) is 0 Å². The average Bonchev–Trinajstić information content (AvgIpc) is 2.94. The monoisotopic (exact) mass is 277 g/mol.